The summed E-state index contributed by atoms with van der Waals surface area (Å²) in [4.78, 5) is 4.48. The number of aliphatic imine (C=N–C) groups is 1. The normalized spacial score (nSPS) is 12.6. The molecular weight excluding hydrogens is 280 g/mol. The van der Waals surface area contributed by atoms with E-state index in [0.717, 1.165) is 12.8 Å². The fraction of sp³-hybridized carbons (Fsp3) is 0.905. The van der Waals surface area contributed by atoms with E-state index in [-0.39, 0.29) is 0 Å². The zero-order chi connectivity index (χ0) is 17.0. The molecule has 0 amide bonds. The molecule has 0 aliphatic rings. The molecule has 0 aromatic heterocycles. The fourth-order valence-electron chi connectivity index (χ4n) is 2.86. The van der Waals surface area contributed by atoms with Gasteiger partial charge in [0, 0.05) is 12.5 Å². The predicted molar refractivity (Wildman–Crippen MR) is 103 cm³/mol. The average Bonchev–Trinajstić information content (AvgIpc) is 2.56. The number of rotatable bonds is 17. The van der Waals surface area contributed by atoms with Crippen molar-refractivity contribution in [3.63, 3.8) is 0 Å². The summed E-state index contributed by atoms with van der Waals surface area (Å²) in [5.74, 6) is 0. The highest BCUT2D eigenvalue weighted by Crippen LogP contribution is 2.12. The van der Waals surface area contributed by atoms with Crippen molar-refractivity contribution in [3.05, 3.63) is 0 Å². The Kier molecular flexibility index (Phi) is 18.5. The number of nitrogens with zero attached hydrogens (tertiary/aromatic N) is 2. The highest BCUT2D eigenvalue weighted by molar-refractivity contribution is 5.57. The van der Waals surface area contributed by atoms with Crippen molar-refractivity contribution in [2.45, 2.75) is 123 Å². The van der Waals surface area contributed by atoms with Gasteiger partial charge in [0.1, 0.15) is 0 Å². The van der Waals surface area contributed by atoms with Crippen LogP contribution in [-0.4, -0.2) is 12.3 Å². The predicted octanol–water partition coefficient (Wildman–Crippen LogP) is 7.23. The summed E-state index contributed by atoms with van der Waals surface area (Å²) >= 11 is 0. The van der Waals surface area contributed by atoms with Crippen molar-refractivity contribution in [1.29, 1.82) is 5.26 Å². The van der Waals surface area contributed by atoms with E-state index in [1.165, 1.54) is 83.5 Å². The van der Waals surface area contributed by atoms with Gasteiger partial charge in [0.2, 0.25) is 0 Å². The molecule has 23 heavy (non-hydrogen) atoms. The number of hydrogen-bond donors (Lipinski definition) is 0. The highest BCUT2D eigenvalue weighted by atomic mass is 14.7. The van der Waals surface area contributed by atoms with Gasteiger partial charge in [-0.1, -0.05) is 84.0 Å². The van der Waals surface area contributed by atoms with E-state index < -0.39 is 0 Å². The lowest BCUT2D eigenvalue weighted by Gasteiger charge is -2.03. The molecule has 0 saturated heterocycles. The summed E-state index contributed by atoms with van der Waals surface area (Å²) in [5, 5.41) is 8.52. The van der Waals surface area contributed by atoms with E-state index in [2.05, 4.69) is 31.1 Å². The lowest BCUT2D eigenvalue weighted by atomic mass is 10.0. The zero-order valence-corrected chi connectivity index (χ0v) is 15.9. The molecule has 0 bridgehead atoms. The van der Waals surface area contributed by atoms with Crippen LogP contribution in [0.2, 0.25) is 0 Å². The van der Waals surface area contributed by atoms with Gasteiger partial charge in [-0.05, 0) is 32.4 Å². The number of hydrogen-bond acceptors (Lipinski definition) is 2. The van der Waals surface area contributed by atoms with Crippen LogP contribution in [0.4, 0.5) is 0 Å². The maximum Gasteiger partial charge on any atom is 0.0622 e. The van der Waals surface area contributed by atoms with Crippen LogP contribution in [0.5, 0.6) is 0 Å². The van der Waals surface area contributed by atoms with Gasteiger partial charge in [-0.3, -0.25) is 4.99 Å². The Morgan fingerprint density at radius 2 is 1.30 bits per heavy atom. The van der Waals surface area contributed by atoms with Gasteiger partial charge in [0.05, 0.1) is 6.07 Å². The summed E-state index contributed by atoms with van der Waals surface area (Å²) in [6.07, 6.45) is 23.0. The van der Waals surface area contributed by atoms with Gasteiger partial charge < -0.3 is 0 Å². The molecule has 0 rings (SSSR count). The zero-order valence-electron chi connectivity index (χ0n) is 15.9. The molecule has 0 aromatic carbocycles. The van der Waals surface area contributed by atoms with Gasteiger partial charge in [-0.25, -0.2) is 0 Å². The van der Waals surface area contributed by atoms with Crippen LogP contribution in [0.15, 0.2) is 4.99 Å². The second-order valence-electron chi connectivity index (χ2n) is 6.91. The fourth-order valence-corrected chi connectivity index (χ4v) is 2.86. The Bertz CT molecular complexity index is 291. The third kappa shape index (κ3) is 19.1. The van der Waals surface area contributed by atoms with Crippen LogP contribution in [-0.2, 0) is 0 Å². The average molecular weight is 321 g/mol. The maximum atomic E-state index is 8.52. The standard InChI is InChI=1S/C21H40N2/c1-3-4-5-6-7-8-9-10-11-12-13-14-15-16-20-23-21(2)18-17-19-22/h20-21H,3-18H2,1-2H3/b23-20+. The molecule has 0 aromatic rings. The minimum absolute atomic E-state index is 0.316. The minimum atomic E-state index is 0.316. The minimum Gasteiger partial charge on any atom is -0.294 e. The second kappa shape index (κ2) is 19.2. The Morgan fingerprint density at radius 3 is 1.78 bits per heavy atom. The molecule has 1 atom stereocenters. The molecule has 0 N–H and O–H groups in total. The van der Waals surface area contributed by atoms with E-state index in [4.69, 9.17) is 5.26 Å². The Hall–Kier alpha value is -0.840. The SMILES string of the molecule is CCCCCCCCCCCCCCC/C=N/C(C)CCC#N. The summed E-state index contributed by atoms with van der Waals surface area (Å²) in [7, 11) is 0. The molecule has 0 fully saturated rings. The Balaban J connectivity index is 3.13. The lowest BCUT2D eigenvalue weighted by molar-refractivity contribution is 0.541. The Morgan fingerprint density at radius 1 is 0.826 bits per heavy atom. The first-order chi connectivity index (χ1) is 11.3. The van der Waals surface area contributed by atoms with Gasteiger partial charge in [0.25, 0.3) is 0 Å². The molecular formula is C21H40N2. The molecule has 0 saturated carbocycles. The van der Waals surface area contributed by atoms with Crippen molar-refractivity contribution in [3.8, 4) is 6.07 Å². The largest absolute Gasteiger partial charge is 0.294 e. The molecule has 1 unspecified atom stereocenters. The van der Waals surface area contributed by atoms with Crippen molar-refractivity contribution in [2.24, 2.45) is 4.99 Å². The van der Waals surface area contributed by atoms with Gasteiger partial charge in [-0.2, -0.15) is 5.26 Å². The summed E-state index contributed by atoms with van der Waals surface area (Å²) < 4.78 is 0. The lowest BCUT2D eigenvalue weighted by Crippen LogP contribution is -1.97. The summed E-state index contributed by atoms with van der Waals surface area (Å²) in [6.45, 7) is 4.38. The van der Waals surface area contributed by atoms with E-state index in [1.54, 1.807) is 0 Å². The van der Waals surface area contributed by atoms with E-state index in [9.17, 15) is 0 Å². The second-order valence-corrected chi connectivity index (χ2v) is 6.91. The molecule has 0 aliphatic carbocycles. The molecule has 0 spiro atoms. The smallest absolute Gasteiger partial charge is 0.0622 e. The first-order valence-corrected chi connectivity index (χ1v) is 10.2. The molecule has 2 heteroatoms. The third-order valence-corrected chi connectivity index (χ3v) is 4.47. The quantitative estimate of drug-likeness (QED) is 0.206. The highest BCUT2D eigenvalue weighted by Gasteiger charge is 1.96. The molecule has 2 nitrogen and oxygen atoms in total. The van der Waals surface area contributed by atoms with E-state index >= 15 is 0 Å². The topological polar surface area (TPSA) is 36.1 Å². The van der Waals surface area contributed by atoms with Gasteiger partial charge >= 0.3 is 0 Å². The molecule has 0 heterocycles. The van der Waals surface area contributed by atoms with Crippen LogP contribution >= 0.6 is 0 Å². The maximum absolute atomic E-state index is 8.52. The first kappa shape index (κ1) is 22.2. The molecule has 134 valence electrons. The molecule has 0 aliphatic heterocycles. The van der Waals surface area contributed by atoms with Crippen LogP contribution < -0.4 is 0 Å². The van der Waals surface area contributed by atoms with Crippen LogP contribution in [0.1, 0.15) is 117 Å². The van der Waals surface area contributed by atoms with Gasteiger partial charge in [0.15, 0.2) is 0 Å². The monoisotopic (exact) mass is 320 g/mol. The first-order valence-electron chi connectivity index (χ1n) is 10.2. The summed E-state index contributed by atoms with van der Waals surface area (Å²) in [5.41, 5.74) is 0. The summed E-state index contributed by atoms with van der Waals surface area (Å²) in [6, 6.07) is 2.50. The molecule has 0 radical (unpaired) electrons. The van der Waals surface area contributed by atoms with Crippen molar-refractivity contribution >= 4 is 6.21 Å². The Labute approximate surface area is 145 Å². The van der Waals surface area contributed by atoms with E-state index in [0.29, 0.717) is 12.5 Å². The van der Waals surface area contributed by atoms with Crippen molar-refractivity contribution < 1.29 is 0 Å². The van der Waals surface area contributed by atoms with Crippen molar-refractivity contribution in [2.75, 3.05) is 0 Å². The number of unbranched alkanes of at least 4 members (excludes halogenated alkanes) is 13. The van der Waals surface area contributed by atoms with Crippen LogP contribution in [0.25, 0.3) is 0 Å². The van der Waals surface area contributed by atoms with Crippen LogP contribution in [0.3, 0.4) is 0 Å². The van der Waals surface area contributed by atoms with Gasteiger partial charge in [-0.15, -0.1) is 0 Å². The third-order valence-electron chi connectivity index (χ3n) is 4.47. The van der Waals surface area contributed by atoms with E-state index in [1.807, 2.05) is 0 Å². The number of nitriles is 1. The van der Waals surface area contributed by atoms with Crippen molar-refractivity contribution in [1.82, 2.24) is 0 Å². The van der Waals surface area contributed by atoms with Crippen LogP contribution in [0, 0.1) is 11.3 Å².